The lowest BCUT2D eigenvalue weighted by molar-refractivity contribution is -0.153. The molecule has 3 aliphatic carbocycles. The van der Waals surface area contributed by atoms with Crippen LogP contribution in [0.2, 0.25) is 0 Å². The number of alkyl halides is 2. The summed E-state index contributed by atoms with van der Waals surface area (Å²) in [7, 11) is 0. The largest absolute Gasteiger partial charge is 0.341 e. The van der Waals surface area contributed by atoms with Gasteiger partial charge in [-0.2, -0.15) is 0 Å². The van der Waals surface area contributed by atoms with E-state index in [9.17, 15) is 14.4 Å². The van der Waals surface area contributed by atoms with Gasteiger partial charge in [0.15, 0.2) is 0 Å². The van der Waals surface area contributed by atoms with Crippen LogP contribution in [0.1, 0.15) is 61.8 Å². The molecule has 2 fully saturated rings. The third-order valence-corrected chi connectivity index (χ3v) is 11.4. The number of nitrogens with zero attached hydrogens (tertiary/aromatic N) is 2. The molecule has 2 heterocycles. The zero-order chi connectivity index (χ0) is 25.4. The average molecular weight is 614 g/mol. The van der Waals surface area contributed by atoms with Crippen molar-refractivity contribution in [1.82, 2.24) is 9.80 Å². The Balaban J connectivity index is 1.50. The van der Waals surface area contributed by atoms with Gasteiger partial charge in [0.25, 0.3) is 0 Å². The van der Waals surface area contributed by atoms with Gasteiger partial charge in [0, 0.05) is 13.1 Å². The quantitative estimate of drug-likeness (QED) is 0.348. The number of hydrogen-bond donors (Lipinski definition) is 0. The highest BCUT2D eigenvalue weighted by Gasteiger charge is 2.73. The van der Waals surface area contributed by atoms with Gasteiger partial charge in [-0.15, -0.1) is 0 Å². The van der Waals surface area contributed by atoms with E-state index in [1.807, 2.05) is 43.0 Å². The molecule has 0 unspecified atom stereocenters. The van der Waals surface area contributed by atoms with Crippen molar-refractivity contribution >= 4 is 49.6 Å². The van der Waals surface area contributed by atoms with E-state index in [1.165, 1.54) is 4.90 Å². The van der Waals surface area contributed by atoms with Crippen molar-refractivity contribution in [2.75, 3.05) is 13.1 Å². The number of halogens is 2. The summed E-state index contributed by atoms with van der Waals surface area (Å²) in [5.74, 6) is -2.08. The first kappa shape index (κ1) is 24.4. The maximum atomic E-state index is 14.4. The first-order valence-corrected chi connectivity index (χ1v) is 14.6. The van der Waals surface area contributed by atoms with Crippen molar-refractivity contribution < 1.29 is 14.4 Å². The first-order valence-electron chi connectivity index (χ1n) is 13.0. The number of amides is 3. The fourth-order valence-electron chi connectivity index (χ4n) is 7.13. The van der Waals surface area contributed by atoms with E-state index >= 15 is 0 Å². The Morgan fingerprint density at radius 3 is 1.53 bits per heavy atom. The number of imide groups is 1. The van der Waals surface area contributed by atoms with Crippen LogP contribution in [-0.2, 0) is 23.0 Å². The van der Waals surface area contributed by atoms with Crippen LogP contribution in [0.25, 0.3) is 0 Å². The fourth-order valence-corrected chi connectivity index (χ4v) is 9.44. The number of rotatable bonds is 3. The predicted molar refractivity (Wildman–Crippen MR) is 145 cm³/mol. The molecule has 7 heteroatoms. The Hall–Kier alpha value is -1.99. The van der Waals surface area contributed by atoms with Crippen molar-refractivity contribution in [3.8, 4) is 0 Å². The number of carbonyl (C=O) groups is 3. The lowest BCUT2D eigenvalue weighted by atomic mass is 9.54. The van der Waals surface area contributed by atoms with Gasteiger partial charge < -0.3 is 4.90 Å². The van der Waals surface area contributed by atoms with Crippen LogP contribution in [0.3, 0.4) is 0 Å². The summed E-state index contributed by atoms with van der Waals surface area (Å²) in [5, 5.41) is 0. The maximum absolute atomic E-state index is 14.4. The number of benzene rings is 2. The monoisotopic (exact) mass is 612 g/mol. The topological polar surface area (TPSA) is 57.7 Å². The lowest BCUT2D eigenvalue weighted by Gasteiger charge is -2.55. The van der Waals surface area contributed by atoms with E-state index in [-0.39, 0.29) is 23.6 Å². The number of hydrogen-bond acceptors (Lipinski definition) is 3. The average Bonchev–Trinajstić information content (AvgIpc) is 3.04. The van der Waals surface area contributed by atoms with Gasteiger partial charge in [-0.1, -0.05) is 107 Å². The van der Waals surface area contributed by atoms with Crippen molar-refractivity contribution in [3.05, 3.63) is 70.8 Å². The summed E-state index contributed by atoms with van der Waals surface area (Å²) in [5.41, 5.74) is 4.02. The van der Waals surface area contributed by atoms with Crippen LogP contribution >= 0.6 is 31.9 Å². The van der Waals surface area contributed by atoms with E-state index in [0.29, 0.717) is 13.1 Å². The summed E-state index contributed by atoms with van der Waals surface area (Å²) in [6, 6.07) is 15.3. The van der Waals surface area contributed by atoms with Crippen molar-refractivity contribution in [1.29, 1.82) is 0 Å². The van der Waals surface area contributed by atoms with Gasteiger partial charge >= 0.3 is 0 Å². The SMILES string of the molecule is CC(C)[C@H](C(=O)N1CCCCCC1)N1C(=O)[C@@H]2[C@@H](C1=O)C1(Br)c3ccccc3C2(Br)c2ccccc21. The Kier molecular flexibility index (Phi) is 5.76. The molecule has 7 rings (SSSR count). The summed E-state index contributed by atoms with van der Waals surface area (Å²) in [6.45, 7) is 5.25. The van der Waals surface area contributed by atoms with E-state index in [0.717, 1.165) is 47.9 Å². The molecule has 5 aliphatic rings. The minimum Gasteiger partial charge on any atom is -0.341 e. The molecular formula is C29H30Br2N2O3. The van der Waals surface area contributed by atoms with Crippen LogP contribution in [-0.4, -0.2) is 46.7 Å². The molecule has 2 saturated heterocycles. The molecule has 2 aromatic carbocycles. The molecule has 36 heavy (non-hydrogen) atoms. The van der Waals surface area contributed by atoms with E-state index in [2.05, 4.69) is 56.1 Å². The highest BCUT2D eigenvalue weighted by Crippen LogP contribution is 2.70. The van der Waals surface area contributed by atoms with E-state index in [4.69, 9.17) is 0 Å². The van der Waals surface area contributed by atoms with E-state index in [1.54, 1.807) is 0 Å². The molecule has 2 aliphatic heterocycles. The molecular weight excluding hydrogens is 584 g/mol. The Bertz CT molecular complexity index is 1150. The highest BCUT2D eigenvalue weighted by molar-refractivity contribution is 9.10. The maximum Gasteiger partial charge on any atom is 0.246 e. The zero-order valence-corrected chi connectivity index (χ0v) is 23.7. The van der Waals surface area contributed by atoms with Crippen LogP contribution in [0.15, 0.2) is 48.5 Å². The van der Waals surface area contributed by atoms with Gasteiger partial charge in [0.05, 0.1) is 20.5 Å². The summed E-state index contributed by atoms with van der Waals surface area (Å²) in [4.78, 5) is 45.9. The van der Waals surface area contributed by atoms with Crippen LogP contribution in [0.5, 0.6) is 0 Å². The Labute approximate surface area is 228 Å². The second kappa shape index (κ2) is 8.52. The minimum atomic E-state index is -0.838. The van der Waals surface area contributed by atoms with Gasteiger partial charge in [0.2, 0.25) is 17.7 Å². The molecule has 3 amide bonds. The molecule has 0 aromatic heterocycles. The lowest BCUT2D eigenvalue weighted by Crippen LogP contribution is -2.56. The van der Waals surface area contributed by atoms with Gasteiger partial charge in [-0.05, 0) is 41.0 Å². The molecule has 0 saturated carbocycles. The fraction of sp³-hybridized carbons (Fsp3) is 0.483. The Morgan fingerprint density at radius 1 is 0.778 bits per heavy atom. The smallest absolute Gasteiger partial charge is 0.246 e. The van der Waals surface area contributed by atoms with E-state index < -0.39 is 26.5 Å². The highest BCUT2D eigenvalue weighted by atomic mass is 79.9. The van der Waals surface area contributed by atoms with Crippen molar-refractivity contribution in [2.24, 2.45) is 17.8 Å². The minimum absolute atomic E-state index is 0.0955. The van der Waals surface area contributed by atoms with Gasteiger partial charge in [-0.3, -0.25) is 19.3 Å². The molecule has 0 spiro atoms. The molecule has 0 N–H and O–H groups in total. The molecule has 188 valence electrons. The second-order valence-corrected chi connectivity index (χ2v) is 13.4. The number of likely N-dealkylation sites (tertiary alicyclic amines) is 2. The Morgan fingerprint density at radius 2 is 1.17 bits per heavy atom. The van der Waals surface area contributed by atoms with Crippen molar-refractivity contribution in [2.45, 2.75) is 54.2 Å². The molecule has 2 bridgehead atoms. The molecule has 0 radical (unpaired) electrons. The summed E-state index contributed by atoms with van der Waals surface area (Å²) < 4.78 is -1.68. The second-order valence-electron chi connectivity index (χ2n) is 10.9. The molecule has 3 atom stereocenters. The summed E-state index contributed by atoms with van der Waals surface area (Å²) in [6.07, 6.45) is 4.14. The molecule has 5 nitrogen and oxygen atoms in total. The van der Waals surface area contributed by atoms with Gasteiger partial charge in [-0.25, -0.2) is 0 Å². The standard InChI is InChI=1S/C29H30Br2N2O3/c1-17(2)24(27(36)32-15-9-3-4-10-16-32)33-25(34)22-23(26(33)35)29(31)19-12-6-5-11-18(19)28(22,30)20-13-7-8-14-21(20)29/h5-8,11-14,17,22-24H,3-4,9-10,15-16H2,1-2H3/t22-,23-,24+,28?,29?/m0/s1. The number of carbonyl (C=O) groups excluding carboxylic acids is 3. The van der Waals surface area contributed by atoms with Crippen molar-refractivity contribution in [3.63, 3.8) is 0 Å². The van der Waals surface area contributed by atoms with Gasteiger partial charge in [0.1, 0.15) is 6.04 Å². The predicted octanol–water partition coefficient (Wildman–Crippen LogP) is 5.32. The normalized spacial score (nSPS) is 31.7. The first-order chi connectivity index (χ1) is 17.2. The van der Waals surface area contributed by atoms with Crippen LogP contribution < -0.4 is 0 Å². The molecule has 2 aromatic rings. The summed E-state index contributed by atoms with van der Waals surface area (Å²) >= 11 is 8.10. The van der Waals surface area contributed by atoms with Crippen LogP contribution in [0, 0.1) is 17.8 Å². The third kappa shape index (κ3) is 3.02. The van der Waals surface area contributed by atoms with Crippen LogP contribution in [0.4, 0.5) is 0 Å². The third-order valence-electron chi connectivity index (χ3n) is 8.70. The zero-order valence-electron chi connectivity index (χ0n) is 20.5.